The molecule has 0 unspecified atom stereocenters. The van der Waals surface area contributed by atoms with Crippen molar-refractivity contribution in [3.05, 3.63) is 24.3 Å². The lowest BCUT2D eigenvalue weighted by Gasteiger charge is -2.31. The molecule has 21 heavy (non-hydrogen) atoms. The van der Waals surface area contributed by atoms with Gasteiger partial charge in [-0.1, -0.05) is 6.07 Å². The third-order valence-corrected chi connectivity index (χ3v) is 3.15. The van der Waals surface area contributed by atoms with Crippen LogP contribution >= 0.6 is 12.4 Å². The summed E-state index contributed by atoms with van der Waals surface area (Å²) in [4.78, 5) is 12.1. The smallest absolute Gasteiger partial charge is 0.387 e. The molecule has 2 rings (SSSR count). The molecule has 0 aromatic heterocycles. The van der Waals surface area contributed by atoms with E-state index in [9.17, 15) is 13.6 Å². The Balaban J connectivity index is 0.00000220. The number of nitrogens with two attached hydrogens (primary N) is 1. The van der Waals surface area contributed by atoms with E-state index in [1.54, 1.807) is 6.07 Å². The first kappa shape index (κ1) is 17.6. The second kappa shape index (κ2) is 7.53. The molecule has 8 heteroatoms. The van der Waals surface area contributed by atoms with Crippen LogP contribution in [0.4, 0.5) is 14.5 Å². The van der Waals surface area contributed by atoms with E-state index in [1.807, 2.05) is 0 Å². The van der Waals surface area contributed by atoms with Crippen LogP contribution in [0.2, 0.25) is 0 Å². The number of rotatable bonds is 4. The molecule has 1 amide bonds. The van der Waals surface area contributed by atoms with Gasteiger partial charge in [-0.3, -0.25) is 4.79 Å². The molecule has 1 aromatic rings. The quantitative estimate of drug-likeness (QED) is 0.891. The molecule has 0 atom stereocenters. The minimum Gasteiger partial charge on any atom is -0.435 e. The number of amides is 1. The largest absolute Gasteiger partial charge is 0.435 e. The summed E-state index contributed by atoms with van der Waals surface area (Å²) in [7, 11) is 0. The number of ether oxygens (including phenoxy) is 2. The van der Waals surface area contributed by atoms with Crippen molar-refractivity contribution >= 4 is 24.0 Å². The van der Waals surface area contributed by atoms with Gasteiger partial charge in [0, 0.05) is 25.0 Å². The average Bonchev–Trinajstić information content (AvgIpc) is 2.39. The van der Waals surface area contributed by atoms with Crippen molar-refractivity contribution in [1.29, 1.82) is 0 Å². The van der Waals surface area contributed by atoms with Crippen LogP contribution in [0.15, 0.2) is 24.3 Å². The Labute approximate surface area is 127 Å². The maximum Gasteiger partial charge on any atom is 0.387 e. The lowest BCUT2D eigenvalue weighted by atomic mass is 9.90. The zero-order valence-electron chi connectivity index (χ0n) is 11.2. The summed E-state index contributed by atoms with van der Waals surface area (Å²) in [5.41, 5.74) is 5.40. The van der Waals surface area contributed by atoms with Crippen molar-refractivity contribution < 1.29 is 23.0 Å². The molecule has 0 aliphatic carbocycles. The summed E-state index contributed by atoms with van der Waals surface area (Å²) >= 11 is 0. The van der Waals surface area contributed by atoms with Crippen LogP contribution in [0.25, 0.3) is 0 Å². The highest BCUT2D eigenvalue weighted by atomic mass is 35.5. The second-order valence-electron chi connectivity index (χ2n) is 4.63. The maximum absolute atomic E-state index is 12.1. The van der Waals surface area contributed by atoms with E-state index in [2.05, 4.69) is 10.1 Å². The van der Waals surface area contributed by atoms with Crippen LogP contribution in [-0.4, -0.2) is 31.3 Å². The third-order valence-electron chi connectivity index (χ3n) is 3.15. The summed E-state index contributed by atoms with van der Waals surface area (Å²) < 4.78 is 33.7. The Kier molecular flexibility index (Phi) is 6.32. The molecule has 0 spiro atoms. The first-order valence-electron chi connectivity index (χ1n) is 6.22. The fourth-order valence-electron chi connectivity index (χ4n) is 1.97. The molecule has 1 saturated heterocycles. The van der Waals surface area contributed by atoms with Gasteiger partial charge < -0.3 is 20.5 Å². The number of carbonyl (C=O) groups excluding carboxylic acids is 1. The molecule has 1 aliphatic rings. The van der Waals surface area contributed by atoms with Crippen LogP contribution in [0.1, 0.15) is 12.8 Å². The molecule has 0 bridgehead atoms. The average molecular weight is 323 g/mol. The third kappa shape index (κ3) is 4.80. The second-order valence-corrected chi connectivity index (χ2v) is 4.63. The molecular formula is C13H17ClF2N2O3. The lowest BCUT2D eigenvalue weighted by molar-refractivity contribution is -0.124. The number of anilines is 1. The number of hydrogen-bond donors (Lipinski definition) is 2. The van der Waals surface area contributed by atoms with Crippen molar-refractivity contribution in [3.8, 4) is 5.75 Å². The van der Waals surface area contributed by atoms with Crippen molar-refractivity contribution in [2.45, 2.75) is 25.0 Å². The highest BCUT2D eigenvalue weighted by Crippen LogP contribution is 2.23. The van der Waals surface area contributed by atoms with Gasteiger partial charge in [-0.05, 0) is 25.0 Å². The Morgan fingerprint density at radius 3 is 2.67 bits per heavy atom. The van der Waals surface area contributed by atoms with E-state index in [0.29, 0.717) is 31.7 Å². The molecule has 5 nitrogen and oxygen atoms in total. The molecule has 0 saturated carbocycles. The standard InChI is InChI=1S/C13H16F2N2O3.ClH/c14-12(15)20-10-3-1-2-9(8-10)17-11(18)13(16)4-6-19-7-5-13;/h1-3,8,12H,4-7,16H2,(H,17,18);1H. The summed E-state index contributed by atoms with van der Waals surface area (Å²) in [5.74, 6) is -0.370. The predicted octanol–water partition coefficient (Wildman–Crippen LogP) is 2.16. The number of alkyl halides is 2. The molecule has 1 aliphatic heterocycles. The van der Waals surface area contributed by atoms with Crippen molar-refractivity contribution in [1.82, 2.24) is 0 Å². The highest BCUT2D eigenvalue weighted by molar-refractivity contribution is 5.98. The van der Waals surface area contributed by atoms with Gasteiger partial charge in [-0.2, -0.15) is 8.78 Å². The number of hydrogen-bond acceptors (Lipinski definition) is 4. The monoisotopic (exact) mass is 322 g/mol. The van der Waals surface area contributed by atoms with Gasteiger partial charge in [0.1, 0.15) is 11.3 Å². The first-order valence-corrected chi connectivity index (χ1v) is 6.22. The SMILES string of the molecule is Cl.NC1(C(=O)Nc2cccc(OC(F)F)c2)CCOCC1. The van der Waals surface area contributed by atoms with E-state index in [4.69, 9.17) is 10.5 Å². The molecule has 3 N–H and O–H groups in total. The summed E-state index contributed by atoms with van der Waals surface area (Å²) in [6.07, 6.45) is 0.845. The minimum absolute atomic E-state index is 0. The van der Waals surface area contributed by atoms with Crippen LogP contribution in [0.3, 0.4) is 0 Å². The molecule has 1 fully saturated rings. The van der Waals surface area contributed by atoms with E-state index in [1.165, 1.54) is 18.2 Å². The molecule has 118 valence electrons. The van der Waals surface area contributed by atoms with E-state index in [0.717, 1.165) is 0 Å². The molecular weight excluding hydrogens is 306 g/mol. The Bertz CT molecular complexity index is 482. The molecule has 0 radical (unpaired) electrons. The number of carbonyl (C=O) groups is 1. The normalized spacial score (nSPS) is 17.0. The predicted molar refractivity (Wildman–Crippen MR) is 75.9 cm³/mol. The summed E-state index contributed by atoms with van der Waals surface area (Å²) in [5, 5.41) is 2.62. The van der Waals surface area contributed by atoms with Crippen LogP contribution in [0.5, 0.6) is 5.75 Å². The van der Waals surface area contributed by atoms with Crippen molar-refractivity contribution in [2.75, 3.05) is 18.5 Å². The zero-order chi connectivity index (χ0) is 14.6. The van der Waals surface area contributed by atoms with Crippen LogP contribution in [-0.2, 0) is 9.53 Å². The molecule has 1 heterocycles. The van der Waals surface area contributed by atoms with Crippen molar-refractivity contribution in [2.24, 2.45) is 5.73 Å². The van der Waals surface area contributed by atoms with E-state index in [-0.39, 0.29) is 24.1 Å². The Morgan fingerprint density at radius 2 is 2.05 bits per heavy atom. The van der Waals surface area contributed by atoms with Crippen LogP contribution in [0, 0.1) is 0 Å². The summed E-state index contributed by atoms with van der Waals surface area (Å²) in [6, 6.07) is 5.81. The Morgan fingerprint density at radius 1 is 1.38 bits per heavy atom. The topological polar surface area (TPSA) is 73.6 Å². The van der Waals surface area contributed by atoms with Gasteiger partial charge >= 0.3 is 6.61 Å². The highest BCUT2D eigenvalue weighted by Gasteiger charge is 2.35. The maximum atomic E-state index is 12.1. The number of nitrogens with one attached hydrogen (secondary N) is 1. The van der Waals surface area contributed by atoms with Gasteiger partial charge in [0.25, 0.3) is 0 Å². The fraction of sp³-hybridized carbons (Fsp3) is 0.462. The van der Waals surface area contributed by atoms with E-state index >= 15 is 0 Å². The summed E-state index contributed by atoms with van der Waals surface area (Å²) in [6.45, 7) is -2.05. The zero-order valence-corrected chi connectivity index (χ0v) is 12.0. The van der Waals surface area contributed by atoms with Gasteiger partial charge in [0.05, 0.1) is 0 Å². The molecule has 1 aromatic carbocycles. The fourth-order valence-corrected chi connectivity index (χ4v) is 1.97. The number of halogens is 3. The van der Waals surface area contributed by atoms with E-state index < -0.39 is 12.2 Å². The Hall–Kier alpha value is -1.44. The van der Waals surface area contributed by atoms with Gasteiger partial charge in [-0.15, -0.1) is 12.4 Å². The van der Waals surface area contributed by atoms with Crippen molar-refractivity contribution in [3.63, 3.8) is 0 Å². The van der Waals surface area contributed by atoms with Gasteiger partial charge in [-0.25, -0.2) is 0 Å². The van der Waals surface area contributed by atoms with Gasteiger partial charge in [0.2, 0.25) is 5.91 Å². The van der Waals surface area contributed by atoms with Gasteiger partial charge in [0.15, 0.2) is 0 Å². The lowest BCUT2D eigenvalue weighted by Crippen LogP contribution is -2.54. The first-order chi connectivity index (χ1) is 9.49. The van der Waals surface area contributed by atoms with Crippen LogP contribution < -0.4 is 15.8 Å². The number of benzene rings is 1. The minimum atomic E-state index is -2.91.